The summed E-state index contributed by atoms with van der Waals surface area (Å²) in [6.07, 6.45) is 1.69. The maximum atomic E-state index is 12.6. The van der Waals surface area contributed by atoms with Gasteiger partial charge in [0.05, 0.1) is 11.5 Å². The minimum atomic E-state index is -3.38. The number of benzene rings is 1. The lowest BCUT2D eigenvalue weighted by atomic mass is 10.3. The maximum Gasteiger partial charge on any atom is 0.243 e. The zero-order chi connectivity index (χ0) is 15.1. The minimum absolute atomic E-state index is 0.334. The zero-order valence-electron chi connectivity index (χ0n) is 12.0. The Morgan fingerprint density at radius 2 is 1.95 bits per heavy atom. The van der Waals surface area contributed by atoms with Crippen LogP contribution >= 0.6 is 11.8 Å². The number of ether oxygens (including phenoxy) is 1. The summed E-state index contributed by atoms with van der Waals surface area (Å²) in [6.45, 7) is 2.32. The van der Waals surface area contributed by atoms with E-state index < -0.39 is 10.0 Å². The number of hydrogen-bond acceptors (Lipinski definition) is 5. The van der Waals surface area contributed by atoms with E-state index in [0.717, 1.165) is 24.3 Å². The molecule has 0 spiro atoms. The van der Waals surface area contributed by atoms with Crippen molar-refractivity contribution in [3.05, 3.63) is 24.3 Å². The molecule has 21 heavy (non-hydrogen) atoms. The van der Waals surface area contributed by atoms with Crippen molar-refractivity contribution < 1.29 is 13.2 Å². The first-order chi connectivity index (χ1) is 10.1. The minimum Gasteiger partial charge on any atom is -0.494 e. The molecule has 0 aliphatic carbocycles. The molecule has 0 bridgehead atoms. The van der Waals surface area contributed by atoms with Crippen LogP contribution < -0.4 is 10.5 Å². The van der Waals surface area contributed by atoms with E-state index in [1.54, 1.807) is 28.6 Å². The molecular weight excluding hydrogens is 308 g/mol. The molecule has 1 heterocycles. The summed E-state index contributed by atoms with van der Waals surface area (Å²) in [6, 6.07) is 6.64. The van der Waals surface area contributed by atoms with Crippen molar-refractivity contribution in [3.63, 3.8) is 0 Å². The lowest BCUT2D eigenvalue weighted by Gasteiger charge is -2.19. The fourth-order valence-corrected chi connectivity index (χ4v) is 4.58. The van der Waals surface area contributed by atoms with Crippen molar-refractivity contribution in [2.45, 2.75) is 17.7 Å². The first-order valence-electron chi connectivity index (χ1n) is 7.15. The predicted molar refractivity (Wildman–Crippen MR) is 86.3 cm³/mol. The zero-order valence-corrected chi connectivity index (χ0v) is 13.7. The smallest absolute Gasteiger partial charge is 0.243 e. The molecule has 5 nitrogen and oxygen atoms in total. The normalized spacial score (nSPS) is 17.4. The van der Waals surface area contributed by atoms with Gasteiger partial charge < -0.3 is 10.5 Å². The Labute approximate surface area is 130 Å². The third-order valence-electron chi connectivity index (χ3n) is 3.26. The Kier molecular flexibility index (Phi) is 6.35. The van der Waals surface area contributed by atoms with Gasteiger partial charge in [0, 0.05) is 18.8 Å². The first kappa shape index (κ1) is 16.6. The topological polar surface area (TPSA) is 72.6 Å². The Balaban J connectivity index is 2.05. The van der Waals surface area contributed by atoms with E-state index in [1.807, 2.05) is 11.8 Å². The van der Waals surface area contributed by atoms with Crippen molar-refractivity contribution in [3.8, 4) is 5.75 Å². The van der Waals surface area contributed by atoms with Crippen LogP contribution in [0.4, 0.5) is 0 Å². The highest BCUT2D eigenvalue weighted by Gasteiger charge is 2.25. The predicted octanol–water partition coefficient (Wildman–Crippen LogP) is 1.54. The number of thioether (sulfide) groups is 1. The molecule has 2 N–H and O–H groups in total. The second-order valence-electron chi connectivity index (χ2n) is 4.83. The van der Waals surface area contributed by atoms with E-state index in [1.165, 1.54) is 0 Å². The van der Waals surface area contributed by atoms with Gasteiger partial charge in [-0.15, -0.1) is 0 Å². The molecule has 1 aliphatic rings. The highest BCUT2D eigenvalue weighted by molar-refractivity contribution is 7.99. The van der Waals surface area contributed by atoms with Crippen molar-refractivity contribution in [2.24, 2.45) is 5.73 Å². The van der Waals surface area contributed by atoms with Crippen molar-refractivity contribution in [2.75, 3.05) is 37.7 Å². The number of nitrogens with zero attached hydrogens (tertiary/aromatic N) is 1. The molecule has 0 saturated carbocycles. The molecule has 118 valence electrons. The van der Waals surface area contributed by atoms with E-state index in [2.05, 4.69) is 0 Å². The molecule has 1 aromatic carbocycles. The van der Waals surface area contributed by atoms with Gasteiger partial charge in [-0.2, -0.15) is 16.1 Å². The van der Waals surface area contributed by atoms with E-state index in [4.69, 9.17) is 10.5 Å². The second-order valence-corrected chi connectivity index (χ2v) is 7.99. The number of hydrogen-bond donors (Lipinski definition) is 1. The number of rotatable bonds is 6. The second kappa shape index (κ2) is 8.03. The van der Waals surface area contributed by atoms with Gasteiger partial charge in [0.1, 0.15) is 5.75 Å². The van der Waals surface area contributed by atoms with E-state index in [9.17, 15) is 8.42 Å². The van der Waals surface area contributed by atoms with Gasteiger partial charge >= 0.3 is 0 Å². The number of nitrogens with two attached hydrogens (primary N) is 1. The SMILES string of the molecule is NCCCOc1ccc(S(=O)(=O)N2CCCSCC2)cc1. The quantitative estimate of drug-likeness (QED) is 0.801. The van der Waals surface area contributed by atoms with Crippen LogP contribution in [-0.4, -0.2) is 50.5 Å². The van der Waals surface area contributed by atoms with Gasteiger partial charge in [0.25, 0.3) is 0 Å². The van der Waals surface area contributed by atoms with E-state index >= 15 is 0 Å². The highest BCUT2D eigenvalue weighted by Crippen LogP contribution is 2.22. The summed E-state index contributed by atoms with van der Waals surface area (Å²) >= 11 is 1.81. The number of sulfonamides is 1. The molecule has 1 saturated heterocycles. The summed E-state index contributed by atoms with van der Waals surface area (Å²) in [5.74, 6) is 2.56. The van der Waals surface area contributed by atoms with Gasteiger partial charge in [0.15, 0.2) is 0 Å². The summed E-state index contributed by atoms with van der Waals surface area (Å²) in [5, 5.41) is 0. The Morgan fingerprint density at radius 1 is 1.19 bits per heavy atom. The van der Waals surface area contributed by atoms with Crippen LogP contribution in [0.5, 0.6) is 5.75 Å². The molecule has 0 unspecified atom stereocenters. The standard InChI is InChI=1S/C14H22N2O3S2/c15-7-1-10-19-13-3-5-14(6-4-13)21(17,18)16-8-2-11-20-12-9-16/h3-6H,1-2,7-12,15H2. The Bertz CT molecular complexity index is 524. The van der Waals surface area contributed by atoms with Crippen LogP contribution in [0.15, 0.2) is 29.2 Å². The van der Waals surface area contributed by atoms with Gasteiger partial charge in [-0.3, -0.25) is 0 Å². The lowest BCUT2D eigenvalue weighted by Crippen LogP contribution is -2.32. The monoisotopic (exact) mass is 330 g/mol. The summed E-state index contributed by atoms with van der Waals surface area (Å²) < 4.78 is 32.2. The van der Waals surface area contributed by atoms with Gasteiger partial charge in [-0.1, -0.05) is 0 Å². The molecule has 0 radical (unpaired) electrons. The van der Waals surface area contributed by atoms with Gasteiger partial charge in [-0.25, -0.2) is 8.42 Å². The molecular formula is C14H22N2O3S2. The van der Waals surface area contributed by atoms with Crippen LogP contribution in [0.25, 0.3) is 0 Å². The van der Waals surface area contributed by atoms with Crippen LogP contribution in [0.2, 0.25) is 0 Å². The van der Waals surface area contributed by atoms with Crippen LogP contribution in [-0.2, 0) is 10.0 Å². The summed E-state index contributed by atoms with van der Waals surface area (Å²) in [7, 11) is -3.38. The molecule has 0 amide bonds. The molecule has 7 heteroatoms. The molecule has 0 aromatic heterocycles. The van der Waals surface area contributed by atoms with Crippen LogP contribution in [0, 0.1) is 0 Å². The summed E-state index contributed by atoms with van der Waals surface area (Å²) in [5.41, 5.74) is 5.40. The summed E-state index contributed by atoms with van der Waals surface area (Å²) in [4.78, 5) is 0.334. The van der Waals surface area contributed by atoms with Gasteiger partial charge in [-0.05, 0) is 49.4 Å². The molecule has 1 aromatic rings. The molecule has 0 atom stereocenters. The third kappa shape index (κ3) is 4.60. The largest absolute Gasteiger partial charge is 0.494 e. The average molecular weight is 330 g/mol. The van der Waals surface area contributed by atoms with Gasteiger partial charge in [0.2, 0.25) is 10.0 Å². The molecule has 1 fully saturated rings. The van der Waals surface area contributed by atoms with Crippen LogP contribution in [0.3, 0.4) is 0 Å². The third-order valence-corrected chi connectivity index (χ3v) is 6.22. The lowest BCUT2D eigenvalue weighted by molar-refractivity contribution is 0.313. The molecule has 2 rings (SSSR count). The molecule has 1 aliphatic heterocycles. The van der Waals surface area contributed by atoms with Crippen molar-refractivity contribution in [1.82, 2.24) is 4.31 Å². The first-order valence-corrected chi connectivity index (χ1v) is 9.75. The van der Waals surface area contributed by atoms with E-state index in [-0.39, 0.29) is 0 Å². The Morgan fingerprint density at radius 3 is 2.67 bits per heavy atom. The van der Waals surface area contributed by atoms with E-state index in [0.29, 0.717) is 36.9 Å². The Hall–Kier alpha value is -0.760. The van der Waals surface area contributed by atoms with Crippen LogP contribution in [0.1, 0.15) is 12.8 Å². The highest BCUT2D eigenvalue weighted by atomic mass is 32.2. The maximum absolute atomic E-state index is 12.6. The fourth-order valence-electron chi connectivity index (χ4n) is 2.09. The van der Waals surface area contributed by atoms with Crippen molar-refractivity contribution >= 4 is 21.8 Å². The average Bonchev–Trinajstić information content (AvgIpc) is 2.78. The fraction of sp³-hybridized carbons (Fsp3) is 0.571. The van der Waals surface area contributed by atoms with Crippen molar-refractivity contribution in [1.29, 1.82) is 0 Å².